The molecule has 0 bridgehead atoms. The summed E-state index contributed by atoms with van der Waals surface area (Å²) >= 11 is 0. The molecule has 0 aliphatic heterocycles. The second-order valence-corrected chi connectivity index (χ2v) is 7.54. The van der Waals surface area contributed by atoms with Gasteiger partial charge in [-0.1, -0.05) is 30.3 Å². The van der Waals surface area contributed by atoms with Gasteiger partial charge in [0.15, 0.2) is 0 Å². The summed E-state index contributed by atoms with van der Waals surface area (Å²) in [5, 5.41) is 7.39. The number of hydrogen-bond donors (Lipinski definition) is 1. The Morgan fingerprint density at radius 3 is 2.62 bits per heavy atom. The van der Waals surface area contributed by atoms with Crippen molar-refractivity contribution in [3.8, 4) is 5.95 Å². The quantitative estimate of drug-likeness (QED) is 0.723. The van der Waals surface area contributed by atoms with Crippen molar-refractivity contribution in [3.05, 3.63) is 75.0 Å². The van der Waals surface area contributed by atoms with Gasteiger partial charge in [0.2, 0.25) is 11.9 Å². The lowest BCUT2D eigenvalue weighted by molar-refractivity contribution is -0.121. The van der Waals surface area contributed by atoms with Crippen LogP contribution in [0.1, 0.15) is 41.1 Å². The number of benzene rings is 1. The van der Waals surface area contributed by atoms with Crippen LogP contribution in [-0.2, 0) is 30.7 Å². The Labute approximate surface area is 169 Å². The van der Waals surface area contributed by atoms with Gasteiger partial charge in [-0.2, -0.15) is 5.10 Å². The number of rotatable bonds is 5. The minimum atomic E-state index is -0.226. The third kappa shape index (κ3) is 3.99. The van der Waals surface area contributed by atoms with Crippen LogP contribution in [-0.4, -0.2) is 25.2 Å². The van der Waals surface area contributed by atoms with E-state index in [0.29, 0.717) is 18.9 Å². The van der Waals surface area contributed by atoms with E-state index < -0.39 is 0 Å². The Kier molecular flexibility index (Phi) is 5.29. The fraction of sp³-hybridized carbons (Fsp3) is 0.364. The highest BCUT2D eigenvalue weighted by Gasteiger charge is 2.22. The van der Waals surface area contributed by atoms with Gasteiger partial charge >= 0.3 is 0 Å². The van der Waals surface area contributed by atoms with Gasteiger partial charge in [0, 0.05) is 17.8 Å². The average Bonchev–Trinajstić information content (AvgIpc) is 3.07. The van der Waals surface area contributed by atoms with Crippen LogP contribution >= 0.6 is 0 Å². The Morgan fingerprint density at radius 1 is 1.14 bits per heavy atom. The molecule has 1 aliphatic rings. The normalized spacial score (nSPS) is 13.2. The van der Waals surface area contributed by atoms with Gasteiger partial charge in [0.25, 0.3) is 5.56 Å². The molecule has 29 heavy (non-hydrogen) atoms. The molecule has 2 heterocycles. The second-order valence-electron chi connectivity index (χ2n) is 7.54. The van der Waals surface area contributed by atoms with Crippen molar-refractivity contribution in [3.63, 3.8) is 0 Å². The van der Waals surface area contributed by atoms with Gasteiger partial charge in [-0.05, 0) is 51.2 Å². The maximum Gasteiger partial charge on any atom is 0.258 e. The number of aromatic nitrogens is 4. The Balaban J connectivity index is 1.68. The zero-order valence-electron chi connectivity index (χ0n) is 16.8. The molecule has 7 heteroatoms. The third-order valence-electron chi connectivity index (χ3n) is 5.25. The summed E-state index contributed by atoms with van der Waals surface area (Å²) in [5.41, 5.74) is 4.17. The minimum absolute atomic E-state index is 0.0837. The van der Waals surface area contributed by atoms with Crippen molar-refractivity contribution in [1.29, 1.82) is 0 Å². The molecule has 0 radical (unpaired) electrons. The minimum Gasteiger partial charge on any atom is -0.350 e. The Morgan fingerprint density at radius 2 is 1.90 bits per heavy atom. The molecule has 4 rings (SSSR count). The molecule has 0 atom stereocenters. The van der Waals surface area contributed by atoms with Crippen LogP contribution in [0.5, 0.6) is 0 Å². The predicted molar refractivity (Wildman–Crippen MR) is 110 cm³/mol. The zero-order valence-corrected chi connectivity index (χ0v) is 16.8. The number of amides is 1. The van der Waals surface area contributed by atoms with E-state index in [4.69, 9.17) is 4.98 Å². The summed E-state index contributed by atoms with van der Waals surface area (Å²) in [6, 6.07) is 11.6. The molecule has 0 saturated heterocycles. The molecule has 2 aromatic heterocycles. The topological polar surface area (TPSA) is 81.8 Å². The number of fused-ring (bicyclic) bond motifs is 1. The highest BCUT2D eigenvalue weighted by Crippen LogP contribution is 2.19. The number of nitrogens with one attached hydrogen (secondary N) is 1. The molecule has 0 spiro atoms. The number of carbonyl (C=O) groups excluding carboxylic acids is 1. The van der Waals surface area contributed by atoms with Crippen LogP contribution in [0.25, 0.3) is 5.95 Å². The van der Waals surface area contributed by atoms with Crippen LogP contribution in [0.2, 0.25) is 0 Å². The zero-order chi connectivity index (χ0) is 20.4. The van der Waals surface area contributed by atoms with Gasteiger partial charge in [0.1, 0.15) is 6.54 Å². The molecule has 1 N–H and O–H groups in total. The molecular weight excluding hydrogens is 366 g/mol. The molecule has 1 aromatic carbocycles. The van der Waals surface area contributed by atoms with E-state index in [9.17, 15) is 9.59 Å². The lowest BCUT2D eigenvalue weighted by atomic mass is 9.97. The van der Waals surface area contributed by atoms with E-state index in [1.54, 1.807) is 4.68 Å². The summed E-state index contributed by atoms with van der Waals surface area (Å²) in [5.74, 6) is 0.187. The van der Waals surface area contributed by atoms with E-state index in [0.717, 1.165) is 47.5 Å². The first kappa shape index (κ1) is 19.1. The fourth-order valence-corrected chi connectivity index (χ4v) is 3.81. The summed E-state index contributed by atoms with van der Waals surface area (Å²) < 4.78 is 3.13. The van der Waals surface area contributed by atoms with Crippen molar-refractivity contribution in [2.75, 3.05) is 0 Å². The monoisotopic (exact) mass is 391 g/mol. The van der Waals surface area contributed by atoms with E-state index in [1.165, 1.54) is 4.57 Å². The van der Waals surface area contributed by atoms with E-state index >= 15 is 0 Å². The SMILES string of the molecule is Cc1cc(C)n(-c2nc3c(c(=O)n2CC(=O)NCc2ccccc2)CCCC3)n1. The number of hydrogen-bond acceptors (Lipinski definition) is 4. The van der Waals surface area contributed by atoms with Crippen LogP contribution in [0.4, 0.5) is 0 Å². The maximum absolute atomic E-state index is 13.2. The molecule has 1 amide bonds. The molecule has 3 aromatic rings. The molecule has 1 aliphatic carbocycles. The molecule has 0 unspecified atom stereocenters. The highest BCUT2D eigenvalue weighted by molar-refractivity contribution is 5.76. The van der Waals surface area contributed by atoms with Gasteiger partial charge < -0.3 is 5.32 Å². The van der Waals surface area contributed by atoms with Crippen LogP contribution in [0.15, 0.2) is 41.2 Å². The van der Waals surface area contributed by atoms with Gasteiger partial charge in [-0.15, -0.1) is 0 Å². The molecule has 150 valence electrons. The summed E-state index contributed by atoms with van der Waals surface area (Å²) in [6.07, 6.45) is 3.50. The molecular formula is C22H25N5O2. The van der Waals surface area contributed by atoms with Crippen molar-refractivity contribution >= 4 is 5.91 Å². The van der Waals surface area contributed by atoms with Crippen molar-refractivity contribution < 1.29 is 4.79 Å². The second kappa shape index (κ2) is 8.03. The molecule has 0 saturated carbocycles. The van der Waals surface area contributed by atoms with Gasteiger partial charge in [-0.3, -0.25) is 14.2 Å². The number of aryl methyl sites for hydroxylation is 3. The van der Waals surface area contributed by atoms with Crippen LogP contribution in [0, 0.1) is 13.8 Å². The van der Waals surface area contributed by atoms with E-state index in [-0.39, 0.29) is 18.0 Å². The highest BCUT2D eigenvalue weighted by atomic mass is 16.2. The number of nitrogens with zero attached hydrogens (tertiary/aromatic N) is 4. The summed E-state index contributed by atoms with van der Waals surface area (Å²) in [7, 11) is 0. The fourth-order valence-electron chi connectivity index (χ4n) is 3.81. The maximum atomic E-state index is 13.2. The molecule has 7 nitrogen and oxygen atoms in total. The van der Waals surface area contributed by atoms with Crippen molar-refractivity contribution in [1.82, 2.24) is 24.6 Å². The number of carbonyl (C=O) groups is 1. The summed E-state index contributed by atoms with van der Waals surface area (Å²) in [6.45, 7) is 4.16. The lowest BCUT2D eigenvalue weighted by Gasteiger charge is -2.20. The first-order valence-corrected chi connectivity index (χ1v) is 10.00. The average molecular weight is 391 g/mol. The van der Waals surface area contributed by atoms with Crippen LogP contribution < -0.4 is 10.9 Å². The van der Waals surface area contributed by atoms with Gasteiger partial charge in [0.05, 0.1) is 11.4 Å². The standard InChI is InChI=1S/C22H25N5O2/c1-15-12-16(2)27(25-15)22-24-19-11-7-6-10-18(19)21(29)26(22)14-20(28)23-13-17-8-4-3-5-9-17/h3-5,8-9,12H,6-7,10-11,13-14H2,1-2H3,(H,23,28). The Hall–Kier alpha value is -3.22. The lowest BCUT2D eigenvalue weighted by Crippen LogP contribution is -2.37. The van der Waals surface area contributed by atoms with Crippen LogP contribution in [0.3, 0.4) is 0 Å². The first-order valence-electron chi connectivity index (χ1n) is 10.00. The largest absolute Gasteiger partial charge is 0.350 e. The Bertz CT molecular complexity index is 1100. The van der Waals surface area contributed by atoms with Crippen molar-refractivity contribution in [2.45, 2.75) is 52.6 Å². The predicted octanol–water partition coefficient (Wildman–Crippen LogP) is 2.24. The summed E-state index contributed by atoms with van der Waals surface area (Å²) in [4.78, 5) is 30.7. The smallest absolute Gasteiger partial charge is 0.258 e. The van der Waals surface area contributed by atoms with Gasteiger partial charge in [-0.25, -0.2) is 9.67 Å². The first-order chi connectivity index (χ1) is 14.0. The van der Waals surface area contributed by atoms with E-state index in [2.05, 4.69) is 10.4 Å². The van der Waals surface area contributed by atoms with Crippen molar-refractivity contribution in [2.24, 2.45) is 0 Å². The molecule has 0 fully saturated rings. The third-order valence-corrected chi connectivity index (χ3v) is 5.25. The van der Waals surface area contributed by atoms with E-state index in [1.807, 2.05) is 50.2 Å².